The highest BCUT2D eigenvalue weighted by Crippen LogP contribution is 2.48. The summed E-state index contributed by atoms with van der Waals surface area (Å²) in [5.74, 6) is 1.74. The van der Waals surface area contributed by atoms with Crippen molar-refractivity contribution in [2.75, 3.05) is 0 Å². The molecule has 4 heterocycles. The van der Waals surface area contributed by atoms with Crippen LogP contribution >= 0.6 is 11.3 Å². The Labute approximate surface area is 397 Å². The van der Waals surface area contributed by atoms with Crippen LogP contribution < -0.4 is 0 Å². The number of aromatic nitrogens is 5. The van der Waals surface area contributed by atoms with E-state index in [0.29, 0.717) is 17.5 Å². The van der Waals surface area contributed by atoms with Gasteiger partial charge < -0.3 is 4.57 Å². The maximum absolute atomic E-state index is 5.52. The summed E-state index contributed by atoms with van der Waals surface area (Å²) >= 11 is 1.82. The first-order valence-electron chi connectivity index (χ1n) is 22.8. The maximum atomic E-state index is 5.52. The number of hydrogen-bond donors (Lipinski definition) is 0. The lowest BCUT2D eigenvalue weighted by atomic mass is 9.90. The molecular formula is C62H39N5S. The molecule has 0 N–H and O–H groups in total. The van der Waals surface area contributed by atoms with Crippen molar-refractivity contribution in [1.29, 1.82) is 0 Å². The summed E-state index contributed by atoms with van der Waals surface area (Å²) < 4.78 is 4.80. The summed E-state index contributed by atoms with van der Waals surface area (Å²) in [5, 5.41) is 4.81. The van der Waals surface area contributed by atoms with Gasteiger partial charge in [-0.3, -0.25) is 4.98 Å². The van der Waals surface area contributed by atoms with Gasteiger partial charge in [-0.05, 0) is 76.3 Å². The van der Waals surface area contributed by atoms with Crippen molar-refractivity contribution in [1.82, 2.24) is 24.5 Å². The zero-order valence-electron chi connectivity index (χ0n) is 36.7. The fraction of sp³-hybridized carbons (Fsp3) is 0. The first-order valence-corrected chi connectivity index (χ1v) is 23.6. The van der Waals surface area contributed by atoms with Gasteiger partial charge in [0.15, 0.2) is 17.5 Å². The smallest absolute Gasteiger partial charge is 0.166 e. The number of pyridine rings is 1. The summed E-state index contributed by atoms with van der Waals surface area (Å²) in [5.41, 5.74) is 14.5. The zero-order chi connectivity index (χ0) is 45.0. The van der Waals surface area contributed by atoms with Crippen molar-refractivity contribution < 1.29 is 0 Å². The van der Waals surface area contributed by atoms with Gasteiger partial charge in [0.2, 0.25) is 0 Å². The van der Waals surface area contributed by atoms with E-state index in [1.54, 1.807) is 0 Å². The SMILES string of the molecule is c1ccc(-c2nc(-c3ccccc3)nc(-c3cc(-c4ccc(-c5ccccc5)c(-c5ccccc5)c4)cnc3-c3cccc4sc5ccc6c(c7ccccc7n6-c6ccccc6)c5c34)n2)cc1. The fourth-order valence-corrected chi connectivity index (χ4v) is 10.9. The minimum absolute atomic E-state index is 0.550. The van der Waals surface area contributed by atoms with Gasteiger partial charge in [-0.15, -0.1) is 11.3 Å². The van der Waals surface area contributed by atoms with Crippen molar-refractivity contribution in [3.8, 4) is 84.5 Å². The molecule has 0 amide bonds. The lowest BCUT2D eigenvalue weighted by Crippen LogP contribution is -2.02. The lowest BCUT2D eigenvalue weighted by molar-refractivity contribution is 1.07. The van der Waals surface area contributed by atoms with Gasteiger partial charge in [0.1, 0.15) is 0 Å². The van der Waals surface area contributed by atoms with E-state index in [9.17, 15) is 0 Å². The van der Waals surface area contributed by atoms with Crippen LogP contribution in [0.3, 0.4) is 0 Å². The minimum Gasteiger partial charge on any atom is -0.309 e. The quantitative estimate of drug-likeness (QED) is 0.153. The summed E-state index contributed by atoms with van der Waals surface area (Å²) in [4.78, 5) is 21.3. The molecule has 4 aromatic heterocycles. The molecule has 0 aliphatic rings. The Hall–Kier alpha value is -8.84. The molecule has 6 heteroatoms. The summed E-state index contributed by atoms with van der Waals surface area (Å²) in [6.07, 6.45) is 2.02. The molecule has 0 bridgehead atoms. The van der Waals surface area contributed by atoms with Crippen LogP contribution in [0.5, 0.6) is 0 Å². The number of fused-ring (bicyclic) bond motifs is 7. The number of para-hydroxylation sites is 2. The molecule has 0 aliphatic carbocycles. The van der Waals surface area contributed by atoms with E-state index in [1.807, 2.05) is 53.9 Å². The molecular weight excluding hydrogens is 847 g/mol. The topological polar surface area (TPSA) is 56.5 Å². The third-order valence-electron chi connectivity index (χ3n) is 12.9. The van der Waals surface area contributed by atoms with E-state index in [2.05, 4.69) is 199 Å². The van der Waals surface area contributed by atoms with Crippen LogP contribution in [0.2, 0.25) is 0 Å². The molecule has 0 unspecified atom stereocenters. The number of rotatable bonds is 8. The second-order valence-electron chi connectivity index (χ2n) is 17.0. The number of thiophene rings is 1. The molecule has 5 nitrogen and oxygen atoms in total. The Bertz CT molecular complexity index is 3940. The Morgan fingerprint density at radius 3 is 1.56 bits per heavy atom. The second-order valence-corrected chi connectivity index (χ2v) is 18.0. The second kappa shape index (κ2) is 16.5. The Kier molecular flexibility index (Phi) is 9.62. The molecule has 0 saturated carbocycles. The standard InChI is InChI=1S/C62H39N5S/c1-6-19-40(20-7-1)47-34-33-44(37-50(47)41-21-8-2-9-22-41)45-38-51(62-65-60(42-23-10-3-11-24-42)64-61(66-62)43-25-12-4-13-26-43)59(63-39-45)49-30-18-32-54-57(49)58-55(68-54)36-35-53-56(58)48-29-16-17-31-52(48)67(53)46-27-14-5-15-28-46/h1-39H. The van der Waals surface area contributed by atoms with E-state index in [-0.39, 0.29) is 0 Å². The first kappa shape index (κ1) is 39.5. The van der Waals surface area contributed by atoms with Gasteiger partial charge in [0.25, 0.3) is 0 Å². The molecule has 0 spiro atoms. The summed E-state index contributed by atoms with van der Waals surface area (Å²) in [6, 6.07) is 81.2. The molecule has 13 aromatic rings. The molecule has 9 aromatic carbocycles. The average molecular weight is 886 g/mol. The van der Waals surface area contributed by atoms with Crippen LogP contribution in [-0.2, 0) is 0 Å². The van der Waals surface area contributed by atoms with Crippen LogP contribution in [-0.4, -0.2) is 24.5 Å². The molecule has 0 radical (unpaired) electrons. The largest absolute Gasteiger partial charge is 0.309 e. The van der Waals surface area contributed by atoms with Gasteiger partial charge in [-0.2, -0.15) is 0 Å². The van der Waals surface area contributed by atoms with Crippen molar-refractivity contribution in [2.24, 2.45) is 0 Å². The van der Waals surface area contributed by atoms with Crippen LogP contribution in [0.15, 0.2) is 237 Å². The van der Waals surface area contributed by atoms with Gasteiger partial charge in [-0.1, -0.05) is 182 Å². The average Bonchev–Trinajstić information content (AvgIpc) is 3.98. The molecule has 0 atom stereocenters. The molecule has 13 rings (SSSR count). The van der Waals surface area contributed by atoms with Gasteiger partial charge >= 0.3 is 0 Å². The number of benzene rings is 9. The Morgan fingerprint density at radius 2 is 0.882 bits per heavy atom. The fourth-order valence-electron chi connectivity index (χ4n) is 9.81. The third kappa shape index (κ3) is 6.77. The summed E-state index contributed by atoms with van der Waals surface area (Å²) in [7, 11) is 0. The van der Waals surface area contributed by atoms with Crippen LogP contribution in [0.25, 0.3) is 126 Å². The normalized spacial score (nSPS) is 11.5. The highest BCUT2D eigenvalue weighted by molar-refractivity contribution is 7.26. The molecule has 0 fully saturated rings. The molecule has 0 aliphatic heterocycles. The van der Waals surface area contributed by atoms with E-state index < -0.39 is 0 Å². The zero-order valence-corrected chi connectivity index (χ0v) is 37.5. The Morgan fingerprint density at radius 1 is 0.324 bits per heavy atom. The van der Waals surface area contributed by atoms with Crippen LogP contribution in [0, 0.1) is 0 Å². The Balaban J connectivity index is 1.10. The molecule has 318 valence electrons. The van der Waals surface area contributed by atoms with Crippen molar-refractivity contribution >= 4 is 53.3 Å². The van der Waals surface area contributed by atoms with Crippen molar-refractivity contribution in [3.05, 3.63) is 237 Å². The van der Waals surface area contributed by atoms with Gasteiger partial charge in [-0.25, -0.2) is 15.0 Å². The lowest BCUT2D eigenvalue weighted by Gasteiger charge is -2.16. The van der Waals surface area contributed by atoms with E-state index in [1.165, 1.54) is 36.6 Å². The van der Waals surface area contributed by atoms with E-state index in [0.717, 1.165) is 72.4 Å². The third-order valence-corrected chi connectivity index (χ3v) is 14.0. The maximum Gasteiger partial charge on any atom is 0.166 e. The molecule has 68 heavy (non-hydrogen) atoms. The monoisotopic (exact) mass is 885 g/mol. The summed E-state index contributed by atoms with van der Waals surface area (Å²) in [6.45, 7) is 0. The predicted molar refractivity (Wildman–Crippen MR) is 283 cm³/mol. The highest BCUT2D eigenvalue weighted by atomic mass is 32.1. The van der Waals surface area contributed by atoms with E-state index >= 15 is 0 Å². The highest BCUT2D eigenvalue weighted by Gasteiger charge is 2.24. The van der Waals surface area contributed by atoms with Crippen LogP contribution in [0.4, 0.5) is 0 Å². The van der Waals surface area contributed by atoms with Crippen molar-refractivity contribution in [2.45, 2.75) is 0 Å². The van der Waals surface area contributed by atoms with E-state index in [4.69, 9.17) is 19.9 Å². The molecule has 0 saturated heterocycles. The van der Waals surface area contributed by atoms with Gasteiger partial charge in [0.05, 0.1) is 16.7 Å². The van der Waals surface area contributed by atoms with Crippen molar-refractivity contribution in [3.63, 3.8) is 0 Å². The predicted octanol–water partition coefficient (Wildman–Crippen LogP) is 16.4. The van der Waals surface area contributed by atoms with Crippen LogP contribution in [0.1, 0.15) is 0 Å². The first-order chi connectivity index (χ1) is 33.7. The number of hydrogen-bond acceptors (Lipinski definition) is 5. The number of nitrogens with zero attached hydrogens (tertiary/aromatic N) is 5. The minimum atomic E-state index is 0.550. The van der Waals surface area contributed by atoms with Gasteiger partial charge in [0, 0.05) is 70.6 Å².